The quantitative estimate of drug-likeness (QED) is 0.679. The maximum Gasteiger partial charge on any atom is 0.171 e. The van der Waals surface area contributed by atoms with Crippen molar-refractivity contribution < 1.29 is 4.74 Å². The summed E-state index contributed by atoms with van der Waals surface area (Å²) >= 11 is 5.65. The summed E-state index contributed by atoms with van der Waals surface area (Å²) in [5.41, 5.74) is 3.49. The molecule has 0 aromatic heterocycles. The first-order valence-electron chi connectivity index (χ1n) is 9.40. The molecule has 0 radical (unpaired) electrons. The van der Waals surface area contributed by atoms with Crippen molar-refractivity contribution in [2.75, 3.05) is 5.32 Å². The zero-order chi connectivity index (χ0) is 18.6. The van der Waals surface area contributed by atoms with Gasteiger partial charge in [0, 0.05) is 11.8 Å². The van der Waals surface area contributed by atoms with Crippen LogP contribution in [0.5, 0.6) is 5.75 Å². The van der Waals surface area contributed by atoms with Crippen LogP contribution in [-0.2, 0) is 5.54 Å². The molecule has 2 N–H and O–H groups in total. The van der Waals surface area contributed by atoms with Gasteiger partial charge in [-0.05, 0) is 63.5 Å². The summed E-state index contributed by atoms with van der Waals surface area (Å²) in [6, 6.07) is 16.7. The SMILES string of the molecule is Cc1cccc(C2(NC(=S)Nc3cccc(OC(C)C)c3)CCCC2)c1. The largest absolute Gasteiger partial charge is 0.491 e. The summed E-state index contributed by atoms with van der Waals surface area (Å²) in [5.74, 6) is 0.849. The van der Waals surface area contributed by atoms with E-state index in [1.165, 1.54) is 24.0 Å². The summed E-state index contributed by atoms with van der Waals surface area (Å²) < 4.78 is 5.77. The fourth-order valence-corrected chi connectivity index (χ4v) is 4.02. The van der Waals surface area contributed by atoms with Crippen LogP contribution in [-0.4, -0.2) is 11.2 Å². The van der Waals surface area contributed by atoms with Gasteiger partial charge in [-0.2, -0.15) is 0 Å². The maximum absolute atomic E-state index is 5.77. The summed E-state index contributed by atoms with van der Waals surface area (Å²) in [5, 5.41) is 7.62. The number of nitrogens with one attached hydrogen (secondary N) is 2. The number of hydrogen-bond donors (Lipinski definition) is 2. The van der Waals surface area contributed by atoms with Crippen molar-refractivity contribution >= 4 is 23.0 Å². The number of aryl methyl sites for hydroxylation is 1. The molecule has 0 heterocycles. The van der Waals surface area contributed by atoms with Gasteiger partial charge in [-0.25, -0.2) is 0 Å². The van der Waals surface area contributed by atoms with Crippen LogP contribution in [0.25, 0.3) is 0 Å². The molecule has 0 saturated heterocycles. The third-order valence-electron chi connectivity index (χ3n) is 4.84. The van der Waals surface area contributed by atoms with E-state index in [4.69, 9.17) is 17.0 Å². The van der Waals surface area contributed by atoms with Crippen molar-refractivity contribution in [1.82, 2.24) is 5.32 Å². The Morgan fingerprint density at radius 3 is 2.50 bits per heavy atom. The van der Waals surface area contributed by atoms with Crippen LogP contribution in [0.15, 0.2) is 48.5 Å². The number of hydrogen-bond acceptors (Lipinski definition) is 2. The average Bonchev–Trinajstić information content (AvgIpc) is 3.04. The van der Waals surface area contributed by atoms with Gasteiger partial charge in [0.1, 0.15) is 5.75 Å². The first-order chi connectivity index (χ1) is 12.5. The van der Waals surface area contributed by atoms with Gasteiger partial charge < -0.3 is 15.4 Å². The minimum absolute atomic E-state index is 0.0673. The van der Waals surface area contributed by atoms with Crippen LogP contribution < -0.4 is 15.4 Å². The molecular weight excluding hydrogens is 340 g/mol. The van der Waals surface area contributed by atoms with E-state index in [1.54, 1.807) is 0 Å². The highest BCUT2D eigenvalue weighted by Gasteiger charge is 2.36. The molecule has 1 fully saturated rings. The van der Waals surface area contributed by atoms with Crippen LogP contribution in [0.3, 0.4) is 0 Å². The van der Waals surface area contributed by atoms with E-state index >= 15 is 0 Å². The number of ether oxygens (including phenoxy) is 1. The number of benzene rings is 2. The van der Waals surface area contributed by atoms with Gasteiger partial charge in [0.2, 0.25) is 0 Å². The summed E-state index contributed by atoms with van der Waals surface area (Å²) in [6.07, 6.45) is 4.81. The van der Waals surface area contributed by atoms with E-state index in [1.807, 2.05) is 38.1 Å². The standard InChI is InChI=1S/C22H28N2OS/c1-16(2)25-20-11-7-10-19(15-20)23-21(26)24-22(12-4-5-13-22)18-9-6-8-17(3)14-18/h6-11,14-16H,4-5,12-13H2,1-3H3,(H2,23,24,26). The highest BCUT2D eigenvalue weighted by molar-refractivity contribution is 7.80. The van der Waals surface area contributed by atoms with E-state index in [2.05, 4.69) is 41.8 Å². The predicted molar refractivity (Wildman–Crippen MR) is 113 cm³/mol. The van der Waals surface area contributed by atoms with E-state index in [0.29, 0.717) is 5.11 Å². The Labute approximate surface area is 162 Å². The molecule has 0 bridgehead atoms. The van der Waals surface area contributed by atoms with Gasteiger partial charge in [0.15, 0.2) is 5.11 Å². The summed E-state index contributed by atoms with van der Waals surface area (Å²) in [6.45, 7) is 6.19. The molecule has 26 heavy (non-hydrogen) atoms. The molecule has 2 aromatic carbocycles. The Morgan fingerprint density at radius 2 is 1.81 bits per heavy atom. The third kappa shape index (κ3) is 4.55. The van der Waals surface area contributed by atoms with Crippen LogP contribution in [0.4, 0.5) is 5.69 Å². The molecule has 1 saturated carbocycles. The molecule has 1 aliphatic carbocycles. The summed E-state index contributed by atoms with van der Waals surface area (Å²) in [7, 11) is 0. The molecular formula is C22H28N2OS. The van der Waals surface area contributed by atoms with Gasteiger partial charge in [0.05, 0.1) is 11.6 Å². The lowest BCUT2D eigenvalue weighted by Crippen LogP contribution is -2.45. The number of rotatable bonds is 5. The Morgan fingerprint density at radius 1 is 1.08 bits per heavy atom. The number of anilines is 1. The van der Waals surface area contributed by atoms with E-state index in [0.717, 1.165) is 24.3 Å². The van der Waals surface area contributed by atoms with Gasteiger partial charge in [-0.1, -0.05) is 48.7 Å². The van der Waals surface area contributed by atoms with Crippen LogP contribution in [0.2, 0.25) is 0 Å². The summed E-state index contributed by atoms with van der Waals surface area (Å²) in [4.78, 5) is 0. The van der Waals surface area contributed by atoms with Crippen molar-refractivity contribution in [1.29, 1.82) is 0 Å². The van der Waals surface area contributed by atoms with Gasteiger partial charge >= 0.3 is 0 Å². The molecule has 1 aliphatic rings. The lowest BCUT2D eigenvalue weighted by Gasteiger charge is -2.33. The van der Waals surface area contributed by atoms with Gasteiger partial charge in [-0.15, -0.1) is 0 Å². The van der Waals surface area contributed by atoms with Crippen LogP contribution in [0, 0.1) is 6.92 Å². The molecule has 0 atom stereocenters. The molecule has 3 rings (SSSR count). The highest BCUT2D eigenvalue weighted by atomic mass is 32.1. The second-order valence-electron chi connectivity index (χ2n) is 7.43. The second-order valence-corrected chi connectivity index (χ2v) is 7.84. The first kappa shape index (κ1) is 18.7. The highest BCUT2D eigenvalue weighted by Crippen LogP contribution is 2.39. The average molecular weight is 369 g/mol. The molecule has 138 valence electrons. The van der Waals surface area contributed by atoms with Gasteiger partial charge in [0.25, 0.3) is 0 Å². The minimum atomic E-state index is -0.0673. The lowest BCUT2D eigenvalue weighted by atomic mass is 9.87. The lowest BCUT2D eigenvalue weighted by molar-refractivity contribution is 0.242. The zero-order valence-corrected chi connectivity index (χ0v) is 16.7. The van der Waals surface area contributed by atoms with Crippen molar-refractivity contribution in [2.45, 2.75) is 58.1 Å². The second kappa shape index (κ2) is 8.09. The first-order valence-corrected chi connectivity index (χ1v) is 9.81. The monoisotopic (exact) mass is 368 g/mol. The van der Waals surface area contributed by atoms with Gasteiger partial charge in [-0.3, -0.25) is 0 Å². The molecule has 0 spiro atoms. The van der Waals surface area contributed by atoms with E-state index < -0.39 is 0 Å². The van der Waals surface area contributed by atoms with E-state index in [-0.39, 0.29) is 11.6 Å². The van der Waals surface area contributed by atoms with E-state index in [9.17, 15) is 0 Å². The molecule has 2 aromatic rings. The normalized spacial score (nSPS) is 15.7. The minimum Gasteiger partial charge on any atom is -0.491 e. The molecule has 0 amide bonds. The molecule has 0 aliphatic heterocycles. The van der Waals surface area contributed by atoms with Crippen molar-refractivity contribution in [3.05, 3.63) is 59.7 Å². The maximum atomic E-state index is 5.77. The fourth-order valence-electron chi connectivity index (χ4n) is 3.71. The fraction of sp³-hybridized carbons (Fsp3) is 0.409. The third-order valence-corrected chi connectivity index (χ3v) is 5.05. The predicted octanol–water partition coefficient (Wildman–Crippen LogP) is 5.54. The Balaban J connectivity index is 1.73. The van der Waals surface area contributed by atoms with Crippen molar-refractivity contribution in [3.63, 3.8) is 0 Å². The van der Waals surface area contributed by atoms with Crippen LogP contribution >= 0.6 is 12.2 Å². The zero-order valence-electron chi connectivity index (χ0n) is 15.8. The molecule has 0 unspecified atom stereocenters. The topological polar surface area (TPSA) is 33.3 Å². The Kier molecular flexibility index (Phi) is 5.82. The van der Waals surface area contributed by atoms with Crippen LogP contribution in [0.1, 0.15) is 50.7 Å². The Hall–Kier alpha value is -2.07. The van der Waals surface area contributed by atoms with Crippen molar-refractivity contribution in [3.8, 4) is 5.75 Å². The number of thiocarbonyl (C=S) groups is 1. The smallest absolute Gasteiger partial charge is 0.171 e. The van der Waals surface area contributed by atoms with Crippen molar-refractivity contribution in [2.24, 2.45) is 0 Å². The Bertz CT molecular complexity index is 766. The molecule has 3 nitrogen and oxygen atoms in total. The molecule has 4 heteroatoms.